The second kappa shape index (κ2) is 7.06. The van der Waals surface area contributed by atoms with Gasteiger partial charge in [-0.05, 0) is 29.9 Å². The lowest BCUT2D eigenvalue weighted by atomic mass is 10.1. The highest BCUT2D eigenvalue weighted by atomic mass is 16.5. The number of hydrogen-bond donors (Lipinski definition) is 0. The van der Waals surface area contributed by atoms with E-state index in [2.05, 4.69) is 18.7 Å². The molecule has 0 saturated carbocycles. The molecular formula is C17H21NO2. The number of hydrogen-bond acceptors (Lipinski definition) is 3. The molecule has 0 atom stereocenters. The first-order valence-corrected chi connectivity index (χ1v) is 7.13. The molecule has 0 aliphatic rings. The fourth-order valence-electron chi connectivity index (χ4n) is 2.29. The van der Waals surface area contributed by atoms with Gasteiger partial charge < -0.3 is 9.64 Å². The fraction of sp³-hybridized carbons (Fsp3) is 0.353. The minimum Gasteiger partial charge on any atom is -0.461 e. The van der Waals surface area contributed by atoms with E-state index in [-0.39, 0.29) is 5.97 Å². The monoisotopic (exact) mass is 271 g/mol. The van der Waals surface area contributed by atoms with Crippen LogP contribution in [-0.4, -0.2) is 37.1 Å². The molecule has 2 aromatic carbocycles. The average Bonchev–Trinajstić information content (AvgIpc) is 2.51. The Hall–Kier alpha value is -1.87. The summed E-state index contributed by atoms with van der Waals surface area (Å²) in [7, 11) is 0. The Morgan fingerprint density at radius 1 is 1.05 bits per heavy atom. The zero-order valence-electron chi connectivity index (χ0n) is 12.1. The molecular weight excluding hydrogens is 250 g/mol. The number of nitrogens with zero attached hydrogens (tertiary/aromatic N) is 1. The van der Waals surface area contributed by atoms with E-state index in [1.807, 2.05) is 42.5 Å². The zero-order chi connectivity index (χ0) is 14.4. The van der Waals surface area contributed by atoms with Crippen molar-refractivity contribution in [3.8, 4) is 0 Å². The number of rotatable bonds is 6. The predicted molar refractivity (Wildman–Crippen MR) is 82.0 cm³/mol. The highest BCUT2D eigenvalue weighted by molar-refractivity contribution is 6.04. The van der Waals surface area contributed by atoms with E-state index in [9.17, 15) is 4.79 Å². The maximum Gasteiger partial charge on any atom is 0.338 e. The normalized spacial score (nSPS) is 10.9. The van der Waals surface area contributed by atoms with Gasteiger partial charge in [0.05, 0.1) is 5.56 Å². The van der Waals surface area contributed by atoms with Gasteiger partial charge in [-0.1, -0.05) is 50.2 Å². The van der Waals surface area contributed by atoms with Crippen LogP contribution in [-0.2, 0) is 4.74 Å². The SMILES string of the molecule is CCN(CC)CCOC(=O)c1cccc2ccccc12. The standard InChI is InChI=1S/C17H21NO2/c1-3-18(4-2)12-13-20-17(19)16-11-7-9-14-8-5-6-10-15(14)16/h5-11H,3-4,12-13H2,1-2H3. The highest BCUT2D eigenvalue weighted by Gasteiger charge is 2.11. The Morgan fingerprint density at radius 2 is 1.75 bits per heavy atom. The Kier molecular flexibility index (Phi) is 5.13. The average molecular weight is 271 g/mol. The van der Waals surface area contributed by atoms with Gasteiger partial charge in [0.1, 0.15) is 6.61 Å². The van der Waals surface area contributed by atoms with E-state index in [1.54, 1.807) is 0 Å². The Labute approximate surface area is 120 Å². The van der Waals surface area contributed by atoms with Crippen molar-refractivity contribution in [2.75, 3.05) is 26.2 Å². The van der Waals surface area contributed by atoms with Gasteiger partial charge in [0.2, 0.25) is 0 Å². The van der Waals surface area contributed by atoms with Crippen molar-refractivity contribution < 1.29 is 9.53 Å². The summed E-state index contributed by atoms with van der Waals surface area (Å²) in [6.07, 6.45) is 0. The minimum atomic E-state index is -0.242. The van der Waals surface area contributed by atoms with E-state index in [0.29, 0.717) is 12.2 Å². The van der Waals surface area contributed by atoms with Crippen molar-refractivity contribution in [2.24, 2.45) is 0 Å². The highest BCUT2D eigenvalue weighted by Crippen LogP contribution is 2.19. The third-order valence-electron chi connectivity index (χ3n) is 3.54. The summed E-state index contributed by atoms with van der Waals surface area (Å²) in [6, 6.07) is 13.6. The third kappa shape index (κ3) is 3.36. The van der Waals surface area contributed by atoms with E-state index in [4.69, 9.17) is 4.74 Å². The van der Waals surface area contributed by atoms with Crippen molar-refractivity contribution in [3.05, 3.63) is 48.0 Å². The van der Waals surface area contributed by atoms with Crippen molar-refractivity contribution in [1.29, 1.82) is 0 Å². The van der Waals surface area contributed by atoms with Gasteiger partial charge >= 0.3 is 5.97 Å². The first-order valence-electron chi connectivity index (χ1n) is 7.13. The van der Waals surface area contributed by atoms with Gasteiger partial charge in [0, 0.05) is 6.54 Å². The number of ether oxygens (including phenoxy) is 1. The third-order valence-corrected chi connectivity index (χ3v) is 3.54. The molecule has 20 heavy (non-hydrogen) atoms. The molecule has 0 saturated heterocycles. The molecule has 0 aromatic heterocycles. The van der Waals surface area contributed by atoms with Crippen LogP contribution in [0.4, 0.5) is 0 Å². The maximum absolute atomic E-state index is 12.2. The maximum atomic E-state index is 12.2. The van der Waals surface area contributed by atoms with Crippen LogP contribution in [0.1, 0.15) is 24.2 Å². The van der Waals surface area contributed by atoms with Crippen LogP contribution in [0.5, 0.6) is 0 Å². The smallest absolute Gasteiger partial charge is 0.338 e. The number of esters is 1. The molecule has 0 spiro atoms. The fourth-order valence-corrected chi connectivity index (χ4v) is 2.29. The number of benzene rings is 2. The molecule has 3 heteroatoms. The molecule has 0 radical (unpaired) electrons. The number of fused-ring (bicyclic) bond motifs is 1. The molecule has 106 valence electrons. The van der Waals surface area contributed by atoms with Crippen LogP contribution in [0, 0.1) is 0 Å². The van der Waals surface area contributed by atoms with Crippen molar-refractivity contribution in [1.82, 2.24) is 4.90 Å². The van der Waals surface area contributed by atoms with E-state index >= 15 is 0 Å². The summed E-state index contributed by atoms with van der Waals surface area (Å²) in [6.45, 7) is 7.38. The molecule has 2 rings (SSSR count). The quantitative estimate of drug-likeness (QED) is 0.755. The van der Waals surface area contributed by atoms with Crippen molar-refractivity contribution >= 4 is 16.7 Å². The molecule has 0 bridgehead atoms. The van der Waals surface area contributed by atoms with E-state index in [0.717, 1.165) is 30.4 Å². The molecule has 0 aliphatic carbocycles. The van der Waals surface area contributed by atoms with E-state index < -0.39 is 0 Å². The second-order valence-corrected chi connectivity index (χ2v) is 4.69. The van der Waals surface area contributed by atoms with Gasteiger partial charge in [-0.15, -0.1) is 0 Å². The predicted octanol–water partition coefficient (Wildman–Crippen LogP) is 3.34. The molecule has 3 nitrogen and oxygen atoms in total. The number of likely N-dealkylation sites (N-methyl/N-ethyl adjacent to an activating group) is 1. The molecule has 2 aromatic rings. The molecule has 0 amide bonds. The summed E-state index contributed by atoms with van der Waals surface area (Å²) < 4.78 is 5.39. The lowest BCUT2D eigenvalue weighted by Gasteiger charge is -2.17. The molecule has 0 aliphatic heterocycles. The van der Waals surface area contributed by atoms with Gasteiger partial charge in [-0.3, -0.25) is 0 Å². The second-order valence-electron chi connectivity index (χ2n) is 4.69. The zero-order valence-corrected chi connectivity index (χ0v) is 12.1. The van der Waals surface area contributed by atoms with Gasteiger partial charge in [0.15, 0.2) is 0 Å². The minimum absolute atomic E-state index is 0.242. The lowest BCUT2D eigenvalue weighted by molar-refractivity contribution is 0.0469. The first kappa shape index (κ1) is 14.5. The summed E-state index contributed by atoms with van der Waals surface area (Å²) in [4.78, 5) is 14.4. The number of carbonyl (C=O) groups excluding carboxylic acids is 1. The Balaban J connectivity index is 2.05. The van der Waals surface area contributed by atoms with Crippen LogP contribution in [0.3, 0.4) is 0 Å². The van der Waals surface area contributed by atoms with Crippen LogP contribution in [0.25, 0.3) is 10.8 Å². The Bertz CT molecular complexity index is 571. The summed E-state index contributed by atoms with van der Waals surface area (Å²) in [5.41, 5.74) is 0.641. The van der Waals surface area contributed by atoms with Crippen LogP contribution in [0.2, 0.25) is 0 Å². The molecule has 0 N–H and O–H groups in total. The van der Waals surface area contributed by atoms with E-state index in [1.165, 1.54) is 0 Å². The Morgan fingerprint density at radius 3 is 2.50 bits per heavy atom. The topological polar surface area (TPSA) is 29.5 Å². The lowest BCUT2D eigenvalue weighted by Crippen LogP contribution is -2.27. The number of carbonyl (C=O) groups is 1. The largest absolute Gasteiger partial charge is 0.461 e. The summed E-state index contributed by atoms with van der Waals surface area (Å²) in [5.74, 6) is -0.242. The van der Waals surface area contributed by atoms with Crippen molar-refractivity contribution in [2.45, 2.75) is 13.8 Å². The molecule has 0 heterocycles. The van der Waals surface area contributed by atoms with Crippen LogP contribution >= 0.6 is 0 Å². The van der Waals surface area contributed by atoms with Crippen molar-refractivity contribution in [3.63, 3.8) is 0 Å². The molecule has 0 unspecified atom stereocenters. The summed E-state index contributed by atoms with van der Waals surface area (Å²) >= 11 is 0. The van der Waals surface area contributed by atoms with Gasteiger partial charge in [0.25, 0.3) is 0 Å². The van der Waals surface area contributed by atoms with Gasteiger partial charge in [-0.25, -0.2) is 4.79 Å². The van der Waals surface area contributed by atoms with Crippen LogP contribution in [0.15, 0.2) is 42.5 Å². The summed E-state index contributed by atoms with van der Waals surface area (Å²) in [5, 5.41) is 2.01. The molecule has 0 fully saturated rings. The van der Waals surface area contributed by atoms with Gasteiger partial charge in [-0.2, -0.15) is 0 Å². The van der Waals surface area contributed by atoms with Crippen LogP contribution < -0.4 is 0 Å². The first-order chi connectivity index (χ1) is 9.76.